The van der Waals surface area contributed by atoms with E-state index in [-0.39, 0.29) is 12.3 Å². The van der Waals surface area contributed by atoms with Crippen LogP contribution in [-0.4, -0.2) is 47.3 Å². The third kappa shape index (κ3) is 5.53. The molecule has 0 aromatic carbocycles. The van der Waals surface area contributed by atoms with Gasteiger partial charge in [-0.1, -0.05) is 12.1 Å². The summed E-state index contributed by atoms with van der Waals surface area (Å²) < 4.78 is 5.12. The number of rotatable bonds is 10. The lowest BCUT2D eigenvalue weighted by Gasteiger charge is -2.41. The van der Waals surface area contributed by atoms with Gasteiger partial charge in [0.15, 0.2) is 0 Å². The van der Waals surface area contributed by atoms with Crippen molar-refractivity contribution in [3.8, 4) is 5.88 Å². The van der Waals surface area contributed by atoms with Crippen LogP contribution in [0.2, 0.25) is 0 Å². The summed E-state index contributed by atoms with van der Waals surface area (Å²) >= 11 is 0. The first kappa shape index (κ1) is 21.6. The van der Waals surface area contributed by atoms with Gasteiger partial charge < -0.3 is 20.5 Å². The first-order valence-corrected chi connectivity index (χ1v) is 11.3. The van der Waals surface area contributed by atoms with Gasteiger partial charge in [-0.15, -0.1) is 0 Å². The molecule has 4 rings (SSSR count). The Morgan fingerprint density at radius 2 is 2.19 bits per heavy atom. The largest absolute Gasteiger partial charge is 0.481 e. The minimum atomic E-state index is -0.760. The average molecular weight is 425 g/mol. The standard InChI is InChI=1S/C24H32N4O3/c1-31-22-9-7-17(15-27-22)21(14-23(29)30)18-12-20(13-18)25-10-3-5-19-8-6-16-4-2-11-26-24(16)28-19/h6-9,15,18,20-21,25H,2-5,10-14H2,1H3,(H,26,28)(H,29,30). The third-order valence-corrected chi connectivity index (χ3v) is 6.53. The zero-order valence-corrected chi connectivity index (χ0v) is 18.1. The van der Waals surface area contributed by atoms with Gasteiger partial charge >= 0.3 is 5.97 Å². The number of methoxy groups -OCH3 is 1. The highest BCUT2D eigenvalue weighted by Gasteiger charge is 2.36. The van der Waals surface area contributed by atoms with Gasteiger partial charge in [-0.2, -0.15) is 0 Å². The lowest BCUT2D eigenvalue weighted by atomic mass is 9.69. The molecule has 3 heterocycles. The van der Waals surface area contributed by atoms with E-state index in [0.29, 0.717) is 17.8 Å². The molecule has 2 aromatic heterocycles. The fourth-order valence-corrected chi connectivity index (χ4v) is 4.72. The van der Waals surface area contributed by atoms with Crippen molar-refractivity contribution in [2.45, 2.75) is 56.9 Å². The molecule has 2 aliphatic rings. The molecule has 0 radical (unpaired) electrons. The minimum absolute atomic E-state index is 0.00107. The Balaban J connectivity index is 1.22. The minimum Gasteiger partial charge on any atom is -0.481 e. The molecule has 0 bridgehead atoms. The number of ether oxygens (including phenoxy) is 1. The van der Waals surface area contributed by atoms with Crippen LogP contribution in [-0.2, 0) is 17.6 Å². The topological polar surface area (TPSA) is 96.4 Å². The number of nitrogens with zero attached hydrogens (tertiary/aromatic N) is 2. The van der Waals surface area contributed by atoms with E-state index in [1.54, 1.807) is 13.3 Å². The molecule has 1 unspecified atom stereocenters. The molecule has 1 fully saturated rings. The second-order valence-corrected chi connectivity index (χ2v) is 8.66. The molecule has 1 aliphatic carbocycles. The van der Waals surface area contributed by atoms with Crippen LogP contribution in [0.5, 0.6) is 5.88 Å². The second-order valence-electron chi connectivity index (χ2n) is 8.66. The highest BCUT2D eigenvalue weighted by Crippen LogP contribution is 2.41. The molecule has 1 aliphatic heterocycles. The summed E-state index contributed by atoms with van der Waals surface area (Å²) in [4.78, 5) is 20.4. The van der Waals surface area contributed by atoms with Crippen LogP contribution in [0.15, 0.2) is 30.5 Å². The van der Waals surface area contributed by atoms with E-state index in [9.17, 15) is 9.90 Å². The fourth-order valence-electron chi connectivity index (χ4n) is 4.72. The molecule has 0 saturated heterocycles. The van der Waals surface area contributed by atoms with Gasteiger partial charge in [0.1, 0.15) is 5.82 Å². The smallest absolute Gasteiger partial charge is 0.303 e. The molecule has 3 N–H and O–H groups in total. The number of fused-ring (bicyclic) bond motifs is 1. The average Bonchev–Trinajstić information content (AvgIpc) is 2.76. The molecule has 1 atom stereocenters. The predicted molar refractivity (Wildman–Crippen MR) is 120 cm³/mol. The summed E-state index contributed by atoms with van der Waals surface area (Å²) in [5.74, 6) is 1.23. The van der Waals surface area contributed by atoms with Crippen LogP contribution >= 0.6 is 0 Å². The summed E-state index contributed by atoms with van der Waals surface area (Å²) in [5, 5.41) is 16.4. The molecule has 7 nitrogen and oxygen atoms in total. The van der Waals surface area contributed by atoms with Gasteiger partial charge in [0.25, 0.3) is 0 Å². The van der Waals surface area contributed by atoms with Gasteiger partial charge in [-0.05, 0) is 74.1 Å². The number of aromatic nitrogens is 2. The maximum atomic E-state index is 11.4. The number of hydrogen-bond donors (Lipinski definition) is 3. The summed E-state index contributed by atoms with van der Waals surface area (Å²) in [7, 11) is 1.58. The number of aryl methyl sites for hydroxylation is 2. The van der Waals surface area contributed by atoms with E-state index in [2.05, 4.69) is 27.8 Å². The molecule has 2 aromatic rings. The van der Waals surface area contributed by atoms with Crippen molar-refractivity contribution in [3.05, 3.63) is 47.3 Å². The molecule has 0 amide bonds. The highest BCUT2D eigenvalue weighted by molar-refractivity contribution is 5.68. The van der Waals surface area contributed by atoms with Crippen LogP contribution in [0.4, 0.5) is 5.82 Å². The van der Waals surface area contributed by atoms with E-state index in [4.69, 9.17) is 9.72 Å². The van der Waals surface area contributed by atoms with Gasteiger partial charge in [0.05, 0.1) is 13.5 Å². The van der Waals surface area contributed by atoms with Crippen LogP contribution in [0.3, 0.4) is 0 Å². The van der Waals surface area contributed by atoms with Crippen molar-refractivity contribution < 1.29 is 14.6 Å². The zero-order chi connectivity index (χ0) is 21.6. The number of carboxylic acids is 1. The lowest BCUT2D eigenvalue weighted by molar-refractivity contribution is -0.138. The van der Waals surface area contributed by atoms with Crippen molar-refractivity contribution in [1.29, 1.82) is 0 Å². The summed E-state index contributed by atoms with van der Waals surface area (Å²) in [6.07, 6.45) is 8.23. The van der Waals surface area contributed by atoms with Crippen molar-refractivity contribution >= 4 is 11.8 Å². The first-order chi connectivity index (χ1) is 15.1. The Morgan fingerprint density at radius 1 is 1.32 bits per heavy atom. The summed E-state index contributed by atoms with van der Waals surface area (Å²) in [5.41, 5.74) is 3.46. The molecule has 1 saturated carbocycles. The predicted octanol–water partition coefficient (Wildman–Crippen LogP) is 3.40. The Kier molecular flexibility index (Phi) is 7.02. The Bertz CT molecular complexity index is 881. The Hall–Kier alpha value is -2.67. The molecular formula is C24H32N4O3. The number of nitrogens with one attached hydrogen (secondary N) is 2. The van der Waals surface area contributed by atoms with Crippen LogP contribution in [0.25, 0.3) is 0 Å². The van der Waals surface area contributed by atoms with Gasteiger partial charge in [0, 0.05) is 30.5 Å². The molecular weight excluding hydrogens is 392 g/mol. The van der Waals surface area contributed by atoms with Crippen LogP contribution in [0, 0.1) is 5.92 Å². The monoisotopic (exact) mass is 424 g/mol. The van der Waals surface area contributed by atoms with Crippen LogP contribution < -0.4 is 15.4 Å². The number of pyridine rings is 2. The highest BCUT2D eigenvalue weighted by atomic mass is 16.5. The van der Waals surface area contributed by atoms with E-state index in [1.165, 1.54) is 12.0 Å². The third-order valence-electron chi connectivity index (χ3n) is 6.53. The van der Waals surface area contributed by atoms with Crippen molar-refractivity contribution in [1.82, 2.24) is 15.3 Å². The summed E-state index contributed by atoms with van der Waals surface area (Å²) in [6, 6.07) is 8.59. The number of anilines is 1. The van der Waals surface area contributed by atoms with Gasteiger partial charge in [0.2, 0.25) is 5.88 Å². The van der Waals surface area contributed by atoms with Crippen molar-refractivity contribution in [3.63, 3.8) is 0 Å². The number of aliphatic carboxylic acids is 1. The molecule has 166 valence electrons. The second kappa shape index (κ2) is 10.1. The van der Waals surface area contributed by atoms with E-state index < -0.39 is 5.97 Å². The Labute approximate surface area is 183 Å². The van der Waals surface area contributed by atoms with Gasteiger partial charge in [-0.25, -0.2) is 9.97 Å². The molecule has 31 heavy (non-hydrogen) atoms. The zero-order valence-electron chi connectivity index (χ0n) is 18.1. The normalized spacial score (nSPS) is 20.8. The number of carbonyl (C=O) groups is 1. The summed E-state index contributed by atoms with van der Waals surface area (Å²) in [6.45, 7) is 1.97. The van der Waals surface area contributed by atoms with Gasteiger partial charge in [-0.3, -0.25) is 4.79 Å². The molecule has 0 spiro atoms. The fraction of sp³-hybridized carbons (Fsp3) is 0.542. The van der Waals surface area contributed by atoms with Crippen molar-refractivity contribution in [2.24, 2.45) is 5.92 Å². The Morgan fingerprint density at radius 3 is 2.94 bits per heavy atom. The molecule has 7 heteroatoms. The maximum Gasteiger partial charge on any atom is 0.303 e. The van der Waals surface area contributed by atoms with E-state index in [0.717, 1.165) is 62.3 Å². The van der Waals surface area contributed by atoms with E-state index >= 15 is 0 Å². The maximum absolute atomic E-state index is 11.4. The van der Waals surface area contributed by atoms with Crippen LogP contribution in [0.1, 0.15) is 54.8 Å². The number of hydrogen-bond acceptors (Lipinski definition) is 6. The number of carboxylic acid groups (broad SMARTS) is 1. The quantitative estimate of drug-likeness (QED) is 0.503. The first-order valence-electron chi connectivity index (χ1n) is 11.3. The SMILES string of the molecule is COc1ccc(C(CC(=O)O)C2CC(NCCCc3ccc4c(n3)NCCC4)C2)cn1. The van der Waals surface area contributed by atoms with E-state index in [1.807, 2.05) is 12.1 Å². The lowest BCUT2D eigenvalue weighted by Crippen LogP contribution is -2.44. The van der Waals surface area contributed by atoms with Crippen molar-refractivity contribution in [2.75, 3.05) is 25.5 Å².